The molecule has 0 aliphatic rings. The molecular formula is C25H22N4O2S2. The van der Waals surface area contributed by atoms with E-state index < -0.39 is 0 Å². The van der Waals surface area contributed by atoms with Crippen molar-refractivity contribution in [2.75, 3.05) is 11.1 Å². The molecule has 1 amide bonds. The molecule has 6 nitrogen and oxygen atoms in total. The first-order valence-electron chi connectivity index (χ1n) is 10.3. The zero-order valence-corrected chi connectivity index (χ0v) is 20.1. The van der Waals surface area contributed by atoms with Crippen molar-refractivity contribution < 1.29 is 4.79 Å². The molecule has 1 N–H and O–H groups in total. The van der Waals surface area contributed by atoms with Gasteiger partial charge in [0.25, 0.3) is 5.56 Å². The van der Waals surface area contributed by atoms with Crippen LogP contribution in [0.5, 0.6) is 0 Å². The summed E-state index contributed by atoms with van der Waals surface area (Å²) in [7, 11) is 1.69. The highest BCUT2D eigenvalue weighted by Gasteiger charge is 2.17. The van der Waals surface area contributed by atoms with Crippen molar-refractivity contribution in [3.63, 3.8) is 0 Å². The Balaban J connectivity index is 1.52. The van der Waals surface area contributed by atoms with Crippen LogP contribution in [0, 0.1) is 25.2 Å². The number of nitrogens with zero attached hydrogens (tertiary/aromatic N) is 3. The maximum Gasteiger partial charge on any atom is 0.263 e. The quantitative estimate of drug-likeness (QED) is 0.311. The molecule has 0 unspecified atom stereocenters. The number of thiophene rings is 1. The number of rotatable bonds is 6. The van der Waals surface area contributed by atoms with Crippen molar-refractivity contribution in [3.8, 4) is 17.2 Å². The van der Waals surface area contributed by atoms with Crippen LogP contribution < -0.4 is 10.9 Å². The summed E-state index contributed by atoms with van der Waals surface area (Å²) >= 11 is 2.66. The van der Waals surface area contributed by atoms with Gasteiger partial charge in [-0.25, -0.2) is 4.98 Å². The Bertz CT molecular complexity index is 1450. The van der Waals surface area contributed by atoms with E-state index in [1.165, 1.54) is 38.8 Å². The van der Waals surface area contributed by atoms with E-state index in [0.29, 0.717) is 27.5 Å². The second kappa shape index (κ2) is 9.61. The number of hydrogen-bond acceptors (Lipinski definition) is 6. The zero-order valence-electron chi connectivity index (χ0n) is 18.5. The summed E-state index contributed by atoms with van der Waals surface area (Å²) in [5.74, 6) is -0.0643. The SMILES string of the molecule is Cc1ccc(-c2csc3nc(SCC(=O)Nc4ccc(CC#N)cc4)n(C)c(=O)c23)cc1C. The van der Waals surface area contributed by atoms with Gasteiger partial charge in [-0.3, -0.25) is 14.2 Å². The minimum Gasteiger partial charge on any atom is -0.325 e. The Morgan fingerprint density at radius 3 is 2.64 bits per heavy atom. The summed E-state index contributed by atoms with van der Waals surface area (Å²) in [6, 6.07) is 15.5. The van der Waals surface area contributed by atoms with E-state index in [0.717, 1.165) is 16.7 Å². The fourth-order valence-corrected chi connectivity index (χ4v) is 5.19. The molecule has 2 heterocycles. The van der Waals surface area contributed by atoms with Crippen LogP contribution in [0.4, 0.5) is 5.69 Å². The van der Waals surface area contributed by atoms with E-state index in [2.05, 4.69) is 42.4 Å². The molecule has 166 valence electrons. The van der Waals surface area contributed by atoms with Crippen LogP contribution in [-0.2, 0) is 18.3 Å². The minimum atomic E-state index is -0.190. The monoisotopic (exact) mass is 474 g/mol. The molecule has 0 fully saturated rings. The lowest BCUT2D eigenvalue weighted by molar-refractivity contribution is -0.113. The van der Waals surface area contributed by atoms with Crippen molar-refractivity contribution in [3.05, 3.63) is 74.9 Å². The average molecular weight is 475 g/mol. The molecule has 33 heavy (non-hydrogen) atoms. The van der Waals surface area contributed by atoms with Gasteiger partial charge >= 0.3 is 0 Å². The first kappa shape index (κ1) is 22.8. The Morgan fingerprint density at radius 1 is 1.18 bits per heavy atom. The molecule has 2 aromatic carbocycles. The fourth-order valence-electron chi connectivity index (χ4n) is 3.43. The number of fused-ring (bicyclic) bond motifs is 1. The normalized spacial score (nSPS) is 10.8. The standard InChI is InChI=1S/C25H22N4O2S2/c1-15-4-7-18(12-16(15)2)20-13-32-23-22(20)24(31)29(3)25(28-23)33-14-21(30)27-19-8-5-17(6-9-19)10-11-26/h4-9,12-13H,10,14H2,1-3H3,(H,27,30). The van der Waals surface area contributed by atoms with Crippen molar-refractivity contribution in [1.29, 1.82) is 5.26 Å². The molecule has 0 bridgehead atoms. The Morgan fingerprint density at radius 2 is 1.94 bits per heavy atom. The van der Waals surface area contributed by atoms with Crippen molar-refractivity contribution in [2.45, 2.75) is 25.4 Å². The third kappa shape index (κ3) is 4.85. The third-order valence-corrected chi connectivity index (χ3v) is 7.35. The van der Waals surface area contributed by atoms with E-state index in [-0.39, 0.29) is 17.2 Å². The molecule has 0 aliphatic heterocycles. The van der Waals surface area contributed by atoms with Crippen molar-refractivity contribution in [1.82, 2.24) is 9.55 Å². The molecule has 2 aromatic heterocycles. The second-order valence-corrected chi connectivity index (χ2v) is 9.56. The number of carbonyl (C=O) groups excluding carboxylic acids is 1. The van der Waals surface area contributed by atoms with Crippen molar-refractivity contribution in [2.24, 2.45) is 7.05 Å². The van der Waals surface area contributed by atoms with E-state index in [1.807, 2.05) is 23.6 Å². The molecule has 0 spiro atoms. The maximum absolute atomic E-state index is 13.2. The predicted molar refractivity (Wildman–Crippen MR) is 135 cm³/mol. The minimum absolute atomic E-state index is 0.120. The lowest BCUT2D eigenvalue weighted by Gasteiger charge is -2.09. The third-order valence-electron chi connectivity index (χ3n) is 5.45. The summed E-state index contributed by atoms with van der Waals surface area (Å²) in [4.78, 5) is 30.9. The highest BCUT2D eigenvalue weighted by atomic mass is 32.2. The number of amides is 1. The van der Waals surface area contributed by atoms with Gasteiger partial charge in [-0.15, -0.1) is 11.3 Å². The maximum atomic E-state index is 13.2. The first-order valence-corrected chi connectivity index (χ1v) is 12.2. The number of aromatic nitrogens is 2. The van der Waals surface area contributed by atoms with E-state index in [4.69, 9.17) is 5.26 Å². The fraction of sp³-hybridized carbons (Fsp3) is 0.200. The topological polar surface area (TPSA) is 87.8 Å². The van der Waals surface area contributed by atoms with E-state index in [9.17, 15) is 9.59 Å². The molecule has 0 radical (unpaired) electrons. The highest BCUT2D eigenvalue weighted by molar-refractivity contribution is 7.99. The second-order valence-electron chi connectivity index (χ2n) is 7.76. The van der Waals surface area contributed by atoms with Gasteiger partial charge in [-0.1, -0.05) is 42.1 Å². The number of thioether (sulfide) groups is 1. The lowest BCUT2D eigenvalue weighted by atomic mass is 10.0. The highest BCUT2D eigenvalue weighted by Crippen LogP contribution is 2.33. The Labute approximate surface area is 199 Å². The largest absolute Gasteiger partial charge is 0.325 e. The van der Waals surface area contributed by atoms with Gasteiger partial charge in [-0.05, 0) is 48.2 Å². The predicted octanol–water partition coefficient (Wildman–Crippen LogP) is 5.08. The van der Waals surface area contributed by atoms with Gasteiger partial charge in [0.1, 0.15) is 4.83 Å². The van der Waals surface area contributed by atoms with Gasteiger partial charge in [0.2, 0.25) is 5.91 Å². The van der Waals surface area contributed by atoms with Crippen LogP contribution in [0.2, 0.25) is 0 Å². The van der Waals surface area contributed by atoms with Gasteiger partial charge in [0.15, 0.2) is 5.16 Å². The summed E-state index contributed by atoms with van der Waals surface area (Å²) < 4.78 is 1.51. The molecule has 0 saturated heterocycles. The van der Waals surface area contributed by atoms with Gasteiger partial charge in [0, 0.05) is 23.7 Å². The molecule has 8 heteroatoms. The summed E-state index contributed by atoms with van der Waals surface area (Å²) in [6.07, 6.45) is 0.334. The molecule has 0 saturated carbocycles. The lowest BCUT2D eigenvalue weighted by Crippen LogP contribution is -2.21. The van der Waals surface area contributed by atoms with Crippen molar-refractivity contribution >= 4 is 44.9 Å². The number of carbonyl (C=O) groups is 1. The van der Waals surface area contributed by atoms with E-state index in [1.54, 1.807) is 19.2 Å². The van der Waals surface area contributed by atoms with Crippen LogP contribution >= 0.6 is 23.1 Å². The number of hydrogen-bond donors (Lipinski definition) is 1. The van der Waals surface area contributed by atoms with Crippen LogP contribution in [0.1, 0.15) is 16.7 Å². The molecule has 0 atom stereocenters. The van der Waals surface area contributed by atoms with Gasteiger partial charge < -0.3 is 5.32 Å². The number of benzene rings is 2. The molecule has 4 aromatic rings. The number of aryl methyl sites for hydroxylation is 2. The molecular weight excluding hydrogens is 452 g/mol. The Hall–Kier alpha value is -3.41. The summed E-state index contributed by atoms with van der Waals surface area (Å²) in [6.45, 7) is 4.12. The zero-order chi connectivity index (χ0) is 23.5. The van der Waals surface area contributed by atoms with Gasteiger partial charge in [-0.2, -0.15) is 5.26 Å². The van der Waals surface area contributed by atoms with Crippen LogP contribution in [0.15, 0.2) is 57.8 Å². The first-order chi connectivity index (χ1) is 15.9. The Kier molecular flexibility index (Phi) is 6.63. The van der Waals surface area contributed by atoms with E-state index >= 15 is 0 Å². The van der Waals surface area contributed by atoms with Gasteiger partial charge in [0.05, 0.1) is 23.6 Å². The average Bonchev–Trinajstić information content (AvgIpc) is 3.22. The van der Waals surface area contributed by atoms with Crippen LogP contribution in [0.25, 0.3) is 21.3 Å². The number of nitrogens with one attached hydrogen (secondary N) is 1. The smallest absolute Gasteiger partial charge is 0.263 e. The molecule has 4 rings (SSSR count). The summed E-state index contributed by atoms with van der Waals surface area (Å²) in [5, 5.41) is 14.7. The van der Waals surface area contributed by atoms with Crippen LogP contribution in [-0.4, -0.2) is 21.2 Å². The molecule has 0 aliphatic carbocycles. The van der Waals surface area contributed by atoms with Crippen LogP contribution in [0.3, 0.4) is 0 Å². The number of nitriles is 1. The number of anilines is 1. The summed E-state index contributed by atoms with van der Waals surface area (Å²) in [5.41, 5.74) is 5.72.